The Balaban J connectivity index is 2.00. The number of amides is 1. The molecule has 5 nitrogen and oxygen atoms in total. The number of thioether (sulfide) groups is 1. The van der Waals surface area contributed by atoms with Crippen LogP contribution in [0.3, 0.4) is 0 Å². The lowest BCUT2D eigenvalue weighted by atomic mass is 10.1. The monoisotopic (exact) mass is 380 g/mol. The van der Waals surface area contributed by atoms with Gasteiger partial charge in [0.15, 0.2) is 15.0 Å². The highest BCUT2D eigenvalue weighted by Crippen LogP contribution is 2.42. The summed E-state index contributed by atoms with van der Waals surface area (Å²) in [5.41, 5.74) is 3.20. The van der Waals surface area contributed by atoms with Gasteiger partial charge in [0.25, 0.3) is 0 Å². The molecule has 2 aliphatic heterocycles. The van der Waals surface area contributed by atoms with Crippen molar-refractivity contribution in [2.45, 2.75) is 51.3 Å². The topological polar surface area (TPSA) is 66.8 Å². The second-order valence-electron chi connectivity index (χ2n) is 6.78. The smallest absolute Gasteiger partial charge is 0.248 e. The number of aryl methyl sites for hydroxylation is 1. The fourth-order valence-electron chi connectivity index (χ4n) is 3.33. The van der Waals surface area contributed by atoms with Crippen LogP contribution in [0.5, 0.6) is 0 Å². The molecule has 2 heterocycles. The van der Waals surface area contributed by atoms with E-state index in [9.17, 15) is 13.2 Å². The predicted molar refractivity (Wildman–Crippen MR) is 104 cm³/mol. The second-order valence-corrected chi connectivity index (χ2v) is 10.1. The number of sulfone groups is 1. The van der Waals surface area contributed by atoms with Gasteiger partial charge in [0.05, 0.1) is 17.5 Å². The number of hydrogen-bond acceptors (Lipinski definition) is 4. The van der Waals surface area contributed by atoms with E-state index in [2.05, 4.69) is 4.99 Å². The summed E-state index contributed by atoms with van der Waals surface area (Å²) in [7, 11) is -3.04. The molecular weight excluding hydrogens is 356 g/mol. The van der Waals surface area contributed by atoms with Gasteiger partial charge in [-0.05, 0) is 37.5 Å². The van der Waals surface area contributed by atoms with Gasteiger partial charge in [0, 0.05) is 17.4 Å². The molecule has 0 saturated carbocycles. The number of amidine groups is 1. The van der Waals surface area contributed by atoms with Crippen LogP contribution >= 0.6 is 11.8 Å². The average Bonchev–Trinajstić information content (AvgIpc) is 2.99. The van der Waals surface area contributed by atoms with E-state index < -0.39 is 9.84 Å². The molecule has 1 aromatic rings. The molecule has 25 heavy (non-hydrogen) atoms. The molecule has 2 aliphatic rings. The molecule has 0 spiro atoms. The molecule has 2 atom stereocenters. The number of rotatable bonds is 4. The first-order valence-corrected chi connectivity index (χ1v) is 11.4. The van der Waals surface area contributed by atoms with Crippen molar-refractivity contribution in [1.29, 1.82) is 0 Å². The van der Waals surface area contributed by atoms with Crippen molar-refractivity contribution < 1.29 is 13.2 Å². The summed E-state index contributed by atoms with van der Waals surface area (Å²) in [5, 5.41) is 0.599. The van der Waals surface area contributed by atoms with Crippen LogP contribution in [0, 0.1) is 13.8 Å². The Morgan fingerprint density at radius 2 is 2.08 bits per heavy atom. The van der Waals surface area contributed by atoms with Crippen LogP contribution in [-0.4, -0.2) is 42.3 Å². The first kappa shape index (κ1) is 18.5. The maximum absolute atomic E-state index is 12.2. The molecule has 3 rings (SSSR count). The Labute approximate surface area is 153 Å². The van der Waals surface area contributed by atoms with E-state index in [1.807, 2.05) is 43.9 Å². The number of benzene rings is 1. The number of hydrogen-bond donors (Lipinski definition) is 0. The Kier molecular flexibility index (Phi) is 5.25. The van der Waals surface area contributed by atoms with E-state index in [1.165, 1.54) is 11.8 Å². The minimum absolute atomic E-state index is 0.0531. The third kappa shape index (κ3) is 3.77. The Hall–Kier alpha value is -1.34. The van der Waals surface area contributed by atoms with Gasteiger partial charge >= 0.3 is 0 Å². The summed E-state index contributed by atoms with van der Waals surface area (Å²) >= 11 is 1.44. The largest absolute Gasteiger partial charge is 0.315 e. The number of unbranched alkanes of at least 4 members (excludes halogenated alkanes) is 1. The predicted octanol–water partition coefficient (Wildman–Crippen LogP) is 3.10. The van der Waals surface area contributed by atoms with Crippen LogP contribution in [0.1, 0.15) is 37.3 Å². The van der Waals surface area contributed by atoms with Crippen molar-refractivity contribution in [3.63, 3.8) is 0 Å². The number of nitrogens with zero attached hydrogens (tertiary/aromatic N) is 2. The van der Waals surface area contributed by atoms with Crippen molar-refractivity contribution >= 4 is 38.4 Å². The fraction of sp³-hybridized carbons (Fsp3) is 0.556. The SMILES string of the molecule is CCCCC(=O)N=C1SC2CS(=O)(=O)CC2N1c1cccc(C)c1C. The van der Waals surface area contributed by atoms with Crippen molar-refractivity contribution in [1.82, 2.24) is 0 Å². The lowest BCUT2D eigenvalue weighted by Crippen LogP contribution is -2.38. The van der Waals surface area contributed by atoms with Crippen LogP contribution in [-0.2, 0) is 14.6 Å². The van der Waals surface area contributed by atoms with E-state index in [4.69, 9.17) is 0 Å². The van der Waals surface area contributed by atoms with Crippen LogP contribution in [0.4, 0.5) is 5.69 Å². The van der Waals surface area contributed by atoms with Crippen molar-refractivity contribution in [2.75, 3.05) is 16.4 Å². The zero-order valence-corrected chi connectivity index (χ0v) is 16.5. The fourth-order valence-corrected chi connectivity index (χ4v) is 7.26. The minimum Gasteiger partial charge on any atom is -0.315 e. The van der Waals surface area contributed by atoms with Crippen LogP contribution in [0.15, 0.2) is 23.2 Å². The third-order valence-electron chi connectivity index (χ3n) is 4.87. The highest BCUT2D eigenvalue weighted by molar-refractivity contribution is 8.16. The Morgan fingerprint density at radius 3 is 2.80 bits per heavy atom. The van der Waals surface area contributed by atoms with Crippen LogP contribution in [0.25, 0.3) is 0 Å². The number of carbonyl (C=O) groups is 1. The second kappa shape index (κ2) is 7.11. The van der Waals surface area contributed by atoms with E-state index in [0.717, 1.165) is 29.7 Å². The summed E-state index contributed by atoms with van der Waals surface area (Å²) in [6.07, 6.45) is 2.22. The van der Waals surface area contributed by atoms with Gasteiger partial charge in [0.2, 0.25) is 5.91 Å². The summed E-state index contributed by atoms with van der Waals surface area (Å²) in [5.74, 6) is 0.161. The molecule has 2 unspecified atom stereocenters. The molecule has 0 aromatic heterocycles. The molecule has 7 heteroatoms. The lowest BCUT2D eigenvalue weighted by molar-refractivity contribution is -0.117. The zero-order chi connectivity index (χ0) is 18.2. The molecule has 0 radical (unpaired) electrons. The van der Waals surface area contributed by atoms with E-state index in [0.29, 0.717) is 11.6 Å². The maximum Gasteiger partial charge on any atom is 0.248 e. The number of carbonyl (C=O) groups excluding carboxylic acids is 1. The van der Waals surface area contributed by atoms with E-state index >= 15 is 0 Å². The van der Waals surface area contributed by atoms with Gasteiger partial charge in [-0.15, -0.1) is 0 Å². The molecule has 2 saturated heterocycles. The number of aliphatic imine (C=N–C) groups is 1. The molecule has 1 aromatic carbocycles. The molecule has 0 bridgehead atoms. The molecule has 0 N–H and O–H groups in total. The van der Waals surface area contributed by atoms with Gasteiger partial charge in [-0.25, -0.2) is 8.42 Å². The van der Waals surface area contributed by atoms with E-state index in [1.54, 1.807) is 0 Å². The van der Waals surface area contributed by atoms with E-state index in [-0.39, 0.29) is 28.7 Å². The maximum atomic E-state index is 12.2. The molecule has 0 aliphatic carbocycles. The summed E-state index contributed by atoms with van der Waals surface area (Å²) in [4.78, 5) is 18.5. The highest BCUT2D eigenvalue weighted by Gasteiger charge is 2.49. The van der Waals surface area contributed by atoms with Gasteiger partial charge in [0.1, 0.15) is 0 Å². The minimum atomic E-state index is -3.04. The van der Waals surface area contributed by atoms with Gasteiger partial charge < -0.3 is 4.90 Å². The highest BCUT2D eigenvalue weighted by atomic mass is 32.2. The first-order valence-electron chi connectivity index (χ1n) is 8.66. The van der Waals surface area contributed by atoms with Crippen molar-refractivity contribution in [3.05, 3.63) is 29.3 Å². The Morgan fingerprint density at radius 1 is 1.32 bits per heavy atom. The summed E-state index contributed by atoms with van der Waals surface area (Å²) < 4.78 is 24.2. The third-order valence-corrected chi connectivity index (χ3v) is 8.08. The quantitative estimate of drug-likeness (QED) is 0.803. The molecule has 136 valence electrons. The van der Waals surface area contributed by atoms with Crippen LogP contribution < -0.4 is 4.90 Å². The standard InChI is InChI=1S/C18H24N2O3S2/c1-4-5-9-17(21)19-18-20(14-8-6-7-12(2)13(14)3)15-10-25(22,23)11-16(15)24-18/h6-8,15-16H,4-5,9-11H2,1-3H3. The summed E-state index contributed by atoms with van der Waals surface area (Å²) in [6.45, 7) is 6.11. The first-order chi connectivity index (χ1) is 11.8. The van der Waals surface area contributed by atoms with Crippen molar-refractivity contribution in [3.8, 4) is 0 Å². The number of anilines is 1. The molecular formula is C18H24N2O3S2. The van der Waals surface area contributed by atoms with Gasteiger partial charge in [-0.2, -0.15) is 4.99 Å². The number of fused-ring (bicyclic) bond motifs is 1. The molecule has 1 amide bonds. The molecule has 2 fully saturated rings. The Bertz CT molecular complexity index is 818. The normalized spacial score (nSPS) is 26.2. The van der Waals surface area contributed by atoms with Gasteiger partial charge in [-0.1, -0.05) is 37.2 Å². The average molecular weight is 381 g/mol. The summed E-state index contributed by atoms with van der Waals surface area (Å²) in [6, 6.07) is 5.85. The van der Waals surface area contributed by atoms with Crippen LogP contribution in [0.2, 0.25) is 0 Å². The zero-order valence-electron chi connectivity index (χ0n) is 14.9. The van der Waals surface area contributed by atoms with Gasteiger partial charge in [-0.3, -0.25) is 4.79 Å². The van der Waals surface area contributed by atoms with Crippen molar-refractivity contribution in [2.24, 2.45) is 4.99 Å². The lowest BCUT2D eigenvalue weighted by Gasteiger charge is -2.26.